The highest BCUT2D eigenvalue weighted by Gasteiger charge is 2.18. The van der Waals surface area contributed by atoms with Crippen molar-refractivity contribution < 1.29 is 0 Å². The average Bonchev–Trinajstić information content (AvgIpc) is 3.67. The third kappa shape index (κ3) is 8.37. The van der Waals surface area contributed by atoms with Crippen LogP contribution in [0.1, 0.15) is 83.5 Å². The monoisotopic (exact) mass is 624 g/mol. The maximum absolute atomic E-state index is 4.65. The van der Waals surface area contributed by atoms with Crippen molar-refractivity contribution in [3.63, 3.8) is 0 Å². The molecule has 0 fully saturated rings. The Hall–Kier alpha value is -4.70. The van der Waals surface area contributed by atoms with Crippen molar-refractivity contribution in [2.75, 3.05) is 0 Å². The highest BCUT2D eigenvalue weighted by molar-refractivity contribution is 5.88. The zero-order valence-electron chi connectivity index (χ0n) is 29.6. The van der Waals surface area contributed by atoms with Gasteiger partial charge in [0.1, 0.15) is 0 Å². The number of aryl methyl sites for hydroxylation is 2. The van der Waals surface area contributed by atoms with Crippen molar-refractivity contribution in [1.82, 2.24) is 19.3 Å². The standard InChI is InChI=1S/C34H32N4.C7H14.C2H6/c1-4-5-12-26-17-22-32-31(23-26)24(2)25(3)37(32)30-20-18-28(19-21-30)34-36-35-33(27-13-8-6-9-14-27)38(34)29-15-10-7-11-16-29;1-4-5-6-7(2)3;1-2/h6-11,13-23H,4-5,12H2,1-3H3;2,4-6H2,1,3H3;1-2H3. The van der Waals surface area contributed by atoms with E-state index in [0.717, 1.165) is 40.6 Å². The number of hydrogen-bond donors (Lipinski definition) is 0. The van der Waals surface area contributed by atoms with Gasteiger partial charge in [0.05, 0.1) is 5.52 Å². The quantitative estimate of drug-likeness (QED) is 0.142. The van der Waals surface area contributed by atoms with E-state index in [2.05, 4.69) is 127 Å². The largest absolute Gasteiger partial charge is 0.314 e. The molecule has 4 heteroatoms. The van der Waals surface area contributed by atoms with E-state index < -0.39 is 0 Å². The Morgan fingerprint density at radius 2 is 1.21 bits per heavy atom. The molecule has 0 aliphatic rings. The molecule has 244 valence electrons. The summed E-state index contributed by atoms with van der Waals surface area (Å²) in [6, 6.07) is 36.2. The van der Waals surface area contributed by atoms with Crippen molar-refractivity contribution in [3.05, 3.63) is 132 Å². The molecule has 4 aromatic carbocycles. The lowest BCUT2D eigenvalue weighted by atomic mass is 10.0. The van der Waals surface area contributed by atoms with Crippen LogP contribution in [0.25, 0.3) is 45.1 Å². The fourth-order valence-corrected chi connectivity index (χ4v) is 5.80. The second-order valence-electron chi connectivity index (χ2n) is 12.0. The first kappa shape index (κ1) is 35.2. The number of allylic oxidation sites excluding steroid dienone is 1. The van der Waals surface area contributed by atoms with Crippen LogP contribution in [0, 0.1) is 13.8 Å². The summed E-state index contributed by atoms with van der Waals surface area (Å²) in [6.45, 7) is 18.8. The summed E-state index contributed by atoms with van der Waals surface area (Å²) in [5, 5.41) is 10.6. The van der Waals surface area contributed by atoms with Gasteiger partial charge in [-0.2, -0.15) is 0 Å². The SMILES string of the molecule is C=C(C)CCCC.CC.CCCCc1ccc2c(c1)c(C)c(C)n2-c1ccc(-c2nnc(-c3ccccc3)n2-c2ccccc2)cc1. The van der Waals surface area contributed by atoms with Crippen LogP contribution in [0.15, 0.2) is 115 Å². The Morgan fingerprint density at radius 1 is 0.660 bits per heavy atom. The molecule has 0 aliphatic heterocycles. The highest BCUT2D eigenvalue weighted by atomic mass is 15.3. The van der Waals surface area contributed by atoms with E-state index in [4.69, 9.17) is 0 Å². The number of aromatic nitrogens is 4. The maximum Gasteiger partial charge on any atom is 0.168 e. The number of nitrogens with zero attached hydrogens (tertiary/aromatic N) is 4. The molecule has 0 bridgehead atoms. The van der Waals surface area contributed by atoms with Crippen LogP contribution in [0.3, 0.4) is 0 Å². The summed E-state index contributed by atoms with van der Waals surface area (Å²) in [6.07, 6.45) is 7.37. The summed E-state index contributed by atoms with van der Waals surface area (Å²) >= 11 is 0. The molecule has 0 radical (unpaired) electrons. The van der Waals surface area contributed by atoms with Gasteiger partial charge in [-0.1, -0.05) is 101 Å². The minimum atomic E-state index is 0.826. The second kappa shape index (κ2) is 17.3. The van der Waals surface area contributed by atoms with Gasteiger partial charge in [0.2, 0.25) is 0 Å². The Morgan fingerprint density at radius 3 is 1.77 bits per heavy atom. The molecule has 4 nitrogen and oxygen atoms in total. The molecule has 0 saturated carbocycles. The summed E-state index contributed by atoms with van der Waals surface area (Å²) < 4.78 is 4.51. The highest BCUT2D eigenvalue weighted by Crippen LogP contribution is 2.32. The number of rotatable bonds is 10. The number of fused-ring (bicyclic) bond motifs is 1. The van der Waals surface area contributed by atoms with E-state index in [1.165, 1.54) is 65.4 Å². The normalized spacial score (nSPS) is 10.6. The molecular weight excluding hydrogens is 573 g/mol. The van der Waals surface area contributed by atoms with Gasteiger partial charge in [-0.25, -0.2) is 0 Å². The van der Waals surface area contributed by atoms with E-state index in [1.54, 1.807) is 0 Å². The van der Waals surface area contributed by atoms with Crippen LogP contribution < -0.4 is 0 Å². The molecule has 0 unspecified atom stereocenters. The predicted molar refractivity (Wildman–Crippen MR) is 203 cm³/mol. The van der Waals surface area contributed by atoms with Crippen LogP contribution >= 0.6 is 0 Å². The summed E-state index contributed by atoms with van der Waals surface area (Å²) in [7, 11) is 0. The Labute approximate surface area is 282 Å². The molecule has 0 spiro atoms. The predicted octanol–water partition coefficient (Wildman–Crippen LogP) is 12.3. The fraction of sp³-hybridized carbons (Fsp3) is 0.302. The van der Waals surface area contributed by atoms with Crippen LogP contribution in [-0.2, 0) is 6.42 Å². The van der Waals surface area contributed by atoms with Crippen LogP contribution in [0.5, 0.6) is 0 Å². The first-order chi connectivity index (χ1) is 22.9. The smallest absolute Gasteiger partial charge is 0.168 e. The zero-order chi connectivity index (χ0) is 33.8. The second-order valence-corrected chi connectivity index (χ2v) is 12.0. The van der Waals surface area contributed by atoms with Gasteiger partial charge in [0.15, 0.2) is 11.6 Å². The number of unbranched alkanes of at least 4 members (excludes halogenated alkanes) is 2. The molecular formula is C43H52N4. The van der Waals surface area contributed by atoms with Gasteiger partial charge in [-0.15, -0.1) is 16.8 Å². The Kier molecular flexibility index (Phi) is 12.9. The molecule has 0 amide bonds. The van der Waals surface area contributed by atoms with Crippen LogP contribution in [-0.4, -0.2) is 19.3 Å². The molecule has 2 heterocycles. The van der Waals surface area contributed by atoms with Crippen molar-refractivity contribution >= 4 is 10.9 Å². The van der Waals surface area contributed by atoms with Gasteiger partial charge in [0, 0.05) is 33.6 Å². The lowest BCUT2D eigenvalue weighted by molar-refractivity contribution is 0.789. The lowest BCUT2D eigenvalue weighted by Crippen LogP contribution is -2.01. The van der Waals surface area contributed by atoms with Crippen LogP contribution in [0.2, 0.25) is 0 Å². The third-order valence-corrected chi connectivity index (χ3v) is 8.45. The Balaban J connectivity index is 0.000000495. The molecule has 0 aliphatic carbocycles. The number of hydrogen-bond acceptors (Lipinski definition) is 2. The van der Waals surface area contributed by atoms with Gasteiger partial charge in [-0.05, 0) is 106 Å². The summed E-state index contributed by atoms with van der Waals surface area (Å²) in [5.74, 6) is 1.66. The van der Waals surface area contributed by atoms with Crippen molar-refractivity contribution in [2.24, 2.45) is 0 Å². The van der Waals surface area contributed by atoms with E-state index in [9.17, 15) is 0 Å². The summed E-state index contributed by atoms with van der Waals surface area (Å²) in [4.78, 5) is 0. The molecule has 6 rings (SSSR count). The van der Waals surface area contributed by atoms with Gasteiger partial charge in [-0.3, -0.25) is 4.57 Å². The maximum atomic E-state index is 4.65. The average molecular weight is 625 g/mol. The topological polar surface area (TPSA) is 35.6 Å². The van der Waals surface area contributed by atoms with Gasteiger partial charge >= 0.3 is 0 Å². The van der Waals surface area contributed by atoms with Gasteiger partial charge < -0.3 is 4.57 Å². The molecule has 2 aromatic heterocycles. The first-order valence-electron chi connectivity index (χ1n) is 17.3. The Bertz CT molecular complexity index is 1840. The van der Waals surface area contributed by atoms with Gasteiger partial charge in [0.25, 0.3) is 0 Å². The van der Waals surface area contributed by atoms with Crippen molar-refractivity contribution in [3.8, 4) is 34.2 Å². The van der Waals surface area contributed by atoms with Crippen molar-refractivity contribution in [2.45, 2.75) is 87.0 Å². The third-order valence-electron chi connectivity index (χ3n) is 8.45. The molecule has 6 aromatic rings. The lowest BCUT2D eigenvalue weighted by Gasteiger charge is -2.12. The fourth-order valence-electron chi connectivity index (χ4n) is 5.80. The minimum Gasteiger partial charge on any atom is -0.314 e. The zero-order valence-corrected chi connectivity index (χ0v) is 29.6. The molecule has 0 saturated heterocycles. The van der Waals surface area contributed by atoms with Crippen LogP contribution in [0.4, 0.5) is 0 Å². The van der Waals surface area contributed by atoms with Crippen molar-refractivity contribution in [1.29, 1.82) is 0 Å². The molecule has 0 atom stereocenters. The van der Waals surface area contributed by atoms with E-state index in [0.29, 0.717) is 0 Å². The molecule has 0 N–H and O–H groups in total. The first-order valence-corrected chi connectivity index (χ1v) is 17.3. The number of benzene rings is 4. The molecule has 47 heavy (non-hydrogen) atoms. The van der Waals surface area contributed by atoms with E-state index in [-0.39, 0.29) is 0 Å². The summed E-state index contributed by atoms with van der Waals surface area (Å²) in [5.41, 5.74) is 10.9. The van der Waals surface area contributed by atoms with E-state index >= 15 is 0 Å². The minimum absolute atomic E-state index is 0.826. The number of para-hydroxylation sites is 1. The van der Waals surface area contributed by atoms with E-state index in [1.807, 2.05) is 50.2 Å².